The van der Waals surface area contributed by atoms with Crippen molar-refractivity contribution in [1.82, 2.24) is 19.9 Å². The highest BCUT2D eigenvalue weighted by atomic mass is 32.2. The Labute approximate surface area is 205 Å². The Hall–Kier alpha value is -4.78. The SMILES string of the molecule is [C-]#[N+]/C(C#N)=c1/c2c(/c(=C(\C#N)[N+]#[C-])c3c1-c1nc(C)cnc1C3)-c1nc(SC(F)(F)F)cnc1C2. The number of hydrogen-bond acceptors (Lipinski definition) is 7. The van der Waals surface area contributed by atoms with Gasteiger partial charge in [-0.2, -0.15) is 13.2 Å². The normalized spacial score (nSPS) is 14.2. The third-order valence-electron chi connectivity index (χ3n) is 5.79. The molecule has 0 atom stereocenters. The highest BCUT2D eigenvalue weighted by Gasteiger charge is 2.36. The van der Waals surface area contributed by atoms with Gasteiger partial charge in [-0.25, -0.2) is 30.2 Å². The molecular weight excluding hydrogens is 489 g/mol. The number of alkyl halides is 3. The Kier molecular flexibility index (Phi) is 5.21. The van der Waals surface area contributed by atoms with Crippen molar-refractivity contribution in [2.75, 3.05) is 0 Å². The largest absolute Gasteiger partial charge is 0.447 e. The monoisotopic (exact) mass is 498 g/mol. The number of rotatable bonds is 1. The minimum absolute atomic E-state index is 0.0518. The second-order valence-corrected chi connectivity index (χ2v) is 8.90. The molecule has 0 amide bonds. The number of aromatic nitrogens is 4. The molecule has 5 rings (SSSR count). The summed E-state index contributed by atoms with van der Waals surface area (Å²) in [6.45, 7) is 17.0. The molecule has 12 heteroatoms. The van der Waals surface area contributed by atoms with Crippen LogP contribution in [0, 0.1) is 42.7 Å². The van der Waals surface area contributed by atoms with Gasteiger partial charge in [0.15, 0.2) is 0 Å². The van der Waals surface area contributed by atoms with Crippen LogP contribution >= 0.6 is 11.8 Å². The van der Waals surface area contributed by atoms with Crippen LogP contribution in [-0.2, 0) is 12.8 Å². The minimum atomic E-state index is -4.60. The van der Waals surface area contributed by atoms with Crippen LogP contribution in [0.2, 0.25) is 0 Å². The summed E-state index contributed by atoms with van der Waals surface area (Å²) in [5, 5.41) is 19.7. The van der Waals surface area contributed by atoms with Gasteiger partial charge >= 0.3 is 5.51 Å². The van der Waals surface area contributed by atoms with Crippen molar-refractivity contribution in [1.29, 1.82) is 10.5 Å². The first-order valence-electron chi connectivity index (χ1n) is 10.2. The number of fused-ring (bicyclic) bond motifs is 6. The average Bonchev–Trinajstić information content (AvgIpc) is 3.38. The molecule has 0 unspecified atom stereocenters. The summed E-state index contributed by atoms with van der Waals surface area (Å²) in [6.07, 6.45) is 2.78. The summed E-state index contributed by atoms with van der Waals surface area (Å²) in [4.78, 5) is 24.1. The lowest BCUT2D eigenvalue weighted by Crippen LogP contribution is -2.26. The van der Waals surface area contributed by atoms with Gasteiger partial charge in [0.05, 0.1) is 59.9 Å². The fraction of sp³-hybridized carbons (Fsp3) is 0.167. The van der Waals surface area contributed by atoms with E-state index < -0.39 is 22.3 Å². The zero-order valence-corrected chi connectivity index (χ0v) is 19.0. The van der Waals surface area contributed by atoms with Gasteiger partial charge in [-0.3, -0.25) is 9.97 Å². The molecule has 0 spiro atoms. The van der Waals surface area contributed by atoms with Crippen molar-refractivity contribution in [2.45, 2.75) is 30.3 Å². The van der Waals surface area contributed by atoms with E-state index in [9.17, 15) is 23.7 Å². The number of halogens is 3. The molecule has 1 aromatic carbocycles. The summed E-state index contributed by atoms with van der Waals surface area (Å²) < 4.78 is 39.2. The second-order valence-electron chi connectivity index (χ2n) is 7.81. The summed E-state index contributed by atoms with van der Waals surface area (Å²) >= 11 is -0.428. The third-order valence-corrected chi connectivity index (χ3v) is 6.43. The van der Waals surface area contributed by atoms with Gasteiger partial charge in [0, 0.05) is 52.4 Å². The quantitative estimate of drug-likeness (QED) is 0.257. The molecule has 2 heterocycles. The van der Waals surface area contributed by atoms with E-state index in [0.717, 1.165) is 6.20 Å². The molecule has 0 fully saturated rings. The van der Waals surface area contributed by atoms with Crippen LogP contribution in [0.15, 0.2) is 17.4 Å². The molecule has 0 aliphatic heterocycles. The van der Waals surface area contributed by atoms with Crippen molar-refractivity contribution in [3.8, 4) is 34.7 Å². The molecule has 2 aromatic heterocycles. The van der Waals surface area contributed by atoms with E-state index in [4.69, 9.17) is 13.1 Å². The molecule has 2 aliphatic rings. The van der Waals surface area contributed by atoms with Crippen molar-refractivity contribution in [2.24, 2.45) is 0 Å². The van der Waals surface area contributed by atoms with Crippen LogP contribution < -0.4 is 10.4 Å². The second kappa shape index (κ2) is 8.16. The number of hydrogen-bond donors (Lipinski definition) is 0. The first-order chi connectivity index (χ1) is 17.2. The highest BCUT2D eigenvalue weighted by molar-refractivity contribution is 8.00. The summed E-state index contributed by atoms with van der Waals surface area (Å²) in [5.41, 5.74) is -1.64. The Bertz CT molecular complexity index is 1780. The average molecular weight is 498 g/mol. The topological polar surface area (TPSA) is 108 Å². The van der Waals surface area contributed by atoms with E-state index in [1.165, 1.54) is 0 Å². The Morgan fingerprint density at radius 3 is 1.89 bits per heavy atom. The van der Waals surface area contributed by atoms with Crippen LogP contribution in [0.3, 0.4) is 0 Å². The summed E-state index contributed by atoms with van der Waals surface area (Å²) in [5.74, 6) is 0. The van der Waals surface area contributed by atoms with Crippen molar-refractivity contribution in [3.05, 3.63) is 73.9 Å². The number of nitrogens with zero attached hydrogens (tertiary/aromatic N) is 8. The standard InChI is InChI=1S/C24H9F3N8S/c1-10-8-32-13-4-11-19(16(7-29)31-3)21-12(18(15(6-28)30-2)20(11)22(13)34-10)5-14-23(21)35-17(9-33-14)36-24(25,26)27/h8-9H,4-5H2,1H3/b18-15-,19-16+. The van der Waals surface area contributed by atoms with Gasteiger partial charge in [0.25, 0.3) is 11.4 Å². The fourth-order valence-electron chi connectivity index (χ4n) is 4.59. The van der Waals surface area contributed by atoms with Crippen LogP contribution in [-0.4, -0.2) is 25.4 Å². The van der Waals surface area contributed by atoms with Gasteiger partial charge in [0.1, 0.15) is 5.03 Å². The molecular formula is C24H9F3N8S. The van der Waals surface area contributed by atoms with Crippen LogP contribution in [0.1, 0.15) is 28.2 Å². The first kappa shape index (κ1) is 23.0. The van der Waals surface area contributed by atoms with E-state index in [1.54, 1.807) is 13.1 Å². The third kappa shape index (κ3) is 3.44. The predicted molar refractivity (Wildman–Crippen MR) is 121 cm³/mol. The van der Waals surface area contributed by atoms with Crippen molar-refractivity contribution >= 4 is 23.2 Å². The Morgan fingerprint density at radius 2 is 1.42 bits per heavy atom. The van der Waals surface area contributed by atoms with Crippen LogP contribution in [0.4, 0.5) is 13.2 Å². The van der Waals surface area contributed by atoms with Gasteiger partial charge in [-0.1, -0.05) is 0 Å². The van der Waals surface area contributed by atoms with E-state index in [0.29, 0.717) is 39.5 Å². The molecule has 0 N–H and O–H groups in total. The predicted octanol–water partition coefficient (Wildman–Crippen LogP) is 3.43. The number of nitriles is 2. The number of benzene rings is 1. The van der Waals surface area contributed by atoms with Gasteiger partial charge in [0.2, 0.25) is 0 Å². The molecule has 8 nitrogen and oxygen atoms in total. The summed E-state index contributed by atoms with van der Waals surface area (Å²) in [6, 6.07) is 3.79. The first-order valence-corrected chi connectivity index (χ1v) is 11.0. The van der Waals surface area contributed by atoms with E-state index >= 15 is 0 Å². The maximum absolute atomic E-state index is 13.1. The van der Waals surface area contributed by atoms with E-state index in [-0.39, 0.29) is 45.9 Å². The highest BCUT2D eigenvalue weighted by Crippen LogP contribution is 2.40. The molecule has 3 aromatic rings. The molecule has 2 aliphatic carbocycles. The van der Waals surface area contributed by atoms with E-state index in [1.807, 2.05) is 12.1 Å². The van der Waals surface area contributed by atoms with Gasteiger partial charge < -0.3 is 0 Å². The van der Waals surface area contributed by atoms with E-state index in [2.05, 4.69) is 29.6 Å². The van der Waals surface area contributed by atoms with Gasteiger partial charge in [-0.05, 0) is 18.1 Å². The van der Waals surface area contributed by atoms with Crippen molar-refractivity contribution in [3.63, 3.8) is 0 Å². The number of thioether (sulfide) groups is 1. The molecule has 172 valence electrons. The lowest BCUT2D eigenvalue weighted by Gasteiger charge is -2.12. The van der Waals surface area contributed by atoms with Crippen molar-refractivity contribution < 1.29 is 13.2 Å². The smallest absolute Gasteiger partial charge is 0.257 e. The zero-order valence-electron chi connectivity index (χ0n) is 18.2. The molecule has 0 bridgehead atoms. The molecule has 0 saturated carbocycles. The Balaban J connectivity index is 2.02. The van der Waals surface area contributed by atoms with Crippen LogP contribution in [0.25, 0.3) is 43.6 Å². The van der Waals surface area contributed by atoms with Gasteiger partial charge in [-0.15, -0.1) is 0 Å². The lowest BCUT2D eigenvalue weighted by molar-refractivity contribution is -0.0329. The Morgan fingerprint density at radius 1 is 0.917 bits per heavy atom. The molecule has 36 heavy (non-hydrogen) atoms. The maximum atomic E-state index is 13.1. The fourth-order valence-corrected chi connectivity index (χ4v) is 5.07. The molecule has 0 saturated heterocycles. The zero-order chi connectivity index (χ0) is 25.8. The number of aryl methyl sites for hydroxylation is 1. The lowest BCUT2D eigenvalue weighted by atomic mass is 9.92. The van der Waals surface area contributed by atoms with Crippen LogP contribution in [0.5, 0.6) is 0 Å². The minimum Gasteiger partial charge on any atom is -0.257 e. The summed E-state index contributed by atoms with van der Waals surface area (Å²) in [7, 11) is 0. The maximum Gasteiger partial charge on any atom is 0.447 e. The molecule has 0 radical (unpaired) electrons.